The highest BCUT2D eigenvalue weighted by atomic mass is 16.5. The molecule has 9 nitrogen and oxygen atoms in total. The maximum atomic E-state index is 12.7. The molecular formula is C17H28N4O5. The van der Waals surface area contributed by atoms with Gasteiger partial charge in [-0.1, -0.05) is 6.92 Å². The summed E-state index contributed by atoms with van der Waals surface area (Å²) in [6.45, 7) is 5.66. The maximum Gasteiger partial charge on any atom is 0.326 e. The van der Waals surface area contributed by atoms with E-state index in [9.17, 15) is 19.2 Å². The average Bonchev–Trinajstić information content (AvgIpc) is 3.03. The molecule has 4 amide bonds. The van der Waals surface area contributed by atoms with Gasteiger partial charge in [-0.25, -0.2) is 4.79 Å². The minimum Gasteiger partial charge on any atom is -0.468 e. The van der Waals surface area contributed by atoms with E-state index in [-0.39, 0.29) is 24.5 Å². The summed E-state index contributed by atoms with van der Waals surface area (Å²) in [5.41, 5.74) is -1.27. The standard InChI is InChI=1S/C17H28N4O5/c1-7-17(15(24)26-6)12-11(13(22)21(5)14(12)23)10(19-17)8-20(4)16(25)18-9(2)3/h9-12,19H,7-8H2,1-6H3,(H,18,25)/t10-,11+,12-,17-/m1/s1. The number of fused-ring (bicyclic) bond motifs is 1. The van der Waals surface area contributed by atoms with E-state index in [1.165, 1.54) is 19.1 Å². The summed E-state index contributed by atoms with van der Waals surface area (Å²) in [5.74, 6) is -2.83. The molecule has 0 aromatic rings. The third-order valence-corrected chi connectivity index (χ3v) is 5.32. The van der Waals surface area contributed by atoms with Crippen LogP contribution in [0.3, 0.4) is 0 Å². The van der Waals surface area contributed by atoms with E-state index in [4.69, 9.17) is 4.74 Å². The minimum atomic E-state index is -1.27. The van der Waals surface area contributed by atoms with Gasteiger partial charge in [0.05, 0.1) is 18.9 Å². The van der Waals surface area contributed by atoms with E-state index < -0.39 is 35.3 Å². The molecule has 2 heterocycles. The number of hydrogen-bond acceptors (Lipinski definition) is 6. The van der Waals surface area contributed by atoms with Gasteiger partial charge in [0.2, 0.25) is 11.8 Å². The summed E-state index contributed by atoms with van der Waals surface area (Å²) in [5, 5.41) is 5.94. The quantitative estimate of drug-likeness (QED) is 0.503. The summed E-state index contributed by atoms with van der Waals surface area (Å²) < 4.78 is 4.93. The first-order chi connectivity index (χ1) is 12.1. The number of likely N-dealkylation sites (N-methyl/N-ethyl adjacent to an activating group) is 1. The van der Waals surface area contributed by atoms with Crippen molar-refractivity contribution in [3.8, 4) is 0 Å². The number of esters is 1. The van der Waals surface area contributed by atoms with Crippen LogP contribution in [0.5, 0.6) is 0 Å². The molecule has 0 unspecified atom stereocenters. The summed E-state index contributed by atoms with van der Waals surface area (Å²) >= 11 is 0. The fourth-order valence-electron chi connectivity index (χ4n) is 4.00. The lowest BCUT2D eigenvalue weighted by molar-refractivity contribution is -0.154. The molecular weight excluding hydrogens is 340 g/mol. The summed E-state index contributed by atoms with van der Waals surface area (Å²) in [4.78, 5) is 52.6. The monoisotopic (exact) mass is 368 g/mol. The number of carbonyl (C=O) groups is 4. The number of urea groups is 1. The average molecular weight is 368 g/mol. The van der Waals surface area contributed by atoms with Crippen molar-refractivity contribution in [2.24, 2.45) is 11.8 Å². The zero-order valence-corrected chi connectivity index (χ0v) is 16.2. The first-order valence-corrected chi connectivity index (χ1v) is 8.79. The minimum absolute atomic E-state index is 0.0279. The van der Waals surface area contributed by atoms with Crippen molar-refractivity contribution in [1.82, 2.24) is 20.4 Å². The van der Waals surface area contributed by atoms with Gasteiger partial charge in [0.25, 0.3) is 0 Å². The Morgan fingerprint density at radius 1 is 1.35 bits per heavy atom. The molecule has 0 radical (unpaired) electrons. The molecule has 4 atom stereocenters. The molecule has 26 heavy (non-hydrogen) atoms. The van der Waals surface area contributed by atoms with Crippen LogP contribution in [0, 0.1) is 11.8 Å². The number of rotatable bonds is 5. The second-order valence-corrected chi connectivity index (χ2v) is 7.29. The molecule has 0 aromatic heterocycles. The van der Waals surface area contributed by atoms with E-state index in [1.54, 1.807) is 14.0 Å². The number of carbonyl (C=O) groups excluding carboxylic acids is 4. The van der Waals surface area contributed by atoms with Gasteiger partial charge in [0.1, 0.15) is 5.54 Å². The third kappa shape index (κ3) is 3.04. The van der Waals surface area contributed by atoms with Gasteiger partial charge in [0, 0.05) is 32.7 Å². The smallest absolute Gasteiger partial charge is 0.326 e. The Balaban J connectivity index is 2.33. The SMILES string of the molecule is CC[C@@]1(C(=O)OC)N[C@H](CN(C)C(=O)NC(C)C)[C@@H]2C(=O)N(C)C(=O)[C@@H]21. The van der Waals surface area contributed by atoms with Crippen LogP contribution in [0.2, 0.25) is 0 Å². The Hall–Kier alpha value is -2.16. The Bertz CT molecular complexity index is 622. The second kappa shape index (κ2) is 7.22. The fourth-order valence-corrected chi connectivity index (χ4v) is 4.00. The largest absolute Gasteiger partial charge is 0.468 e. The summed E-state index contributed by atoms with van der Waals surface area (Å²) in [7, 11) is 4.30. The molecule has 2 rings (SSSR count). The number of amides is 4. The Morgan fingerprint density at radius 2 is 1.96 bits per heavy atom. The molecule has 146 valence electrons. The van der Waals surface area contributed by atoms with E-state index in [1.807, 2.05) is 13.8 Å². The van der Waals surface area contributed by atoms with Gasteiger partial charge in [0.15, 0.2) is 0 Å². The van der Waals surface area contributed by atoms with Crippen LogP contribution < -0.4 is 10.6 Å². The second-order valence-electron chi connectivity index (χ2n) is 7.29. The van der Waals surface area contributed by atoms with Crippen LogP contribution >= 0.6 is 0 Å². The first-order valence-electron chi connectivity index (χ1n) is 8.79. The Morgan fingerprint density at radius 3 is 2.46 bits per heavy atom. The fraction of sp³-hybridized carbons (Fsp3) is 0.765. The molecule has 9 heteroatoms. The number of hydrogen-bond donors (Lipinski definition) is 2. The van der Waals surface area contributed by atoms with Gasteiger partial charge in [-0.15, -0.1) is 0 Å². The van der Waals surface area contributed by atoms with Gasteiger partial charge in [-0.2, -0.15) is 0 Å². The third-order valence-electron chi connectivity index (χ3n) is 5.32. The number of nitrogens with zero attached hydrogens (tertiary/aromatic N) is 2. The van der Waals surface area contributed by atoms with E-state index in [2.05, 4.69) is 10.6 Å². The Kier molecular flexibility index (Phi) is 5.60. The van der Waals surface area contributed by atoms with E-state index in [0.717, 1.165) is 4.90 Å². The number of ether oxygens (including phenoxy) is 1. The molecule has 2 saturated heterocycles. The van der Waals surface area contributed by atoms with Crippen molar-refractivity contribution >= 4 is 23.8 Å². The van der Waals surface area contributed by atoms with Crippen molar-refractivity contribution in [2.75, 3.05) is 27.7 Å². The van der Waals surface area contributed by atoms with Gasteiger partial charge >= 0.3 is 12.0 Å². The van der Waals surface area contributed by atoms with Crippen molar-refractivity contribution in [1.29, 1.82) is 0 Å². The normalized spacial score (nSPS) is 30.6. The lowest BCUT2D eigenvalue weighted by atomic mass is 9.78. The molecule has 0 bridgehead atoms. The van der Waals surface area contributed by atoms with Gasteiger partial charge in [-0.3, -0.25) is 24.6 Å². The van der Waals surface area contributed by atoms with Crippen molar-refractivity contribution < 1.29 is 23.9 Å². The number of nitrogens with one attached hydrogen (secondary N) is 2. The van der Waals surface area contributed by atoms with Crippen LogP contribution in [0.25, 0.3) is 0 Å². The van der Waals surface area contributed by atoms with Crippen molar-refractivity contribution in [3.05, 3.63) is 0 Å². The van der Waals surface area contributed by atoms with Crippen LogP contribution in [0.1, 0.15) is 27.2 Å². The zero-order chi connectivity index (χ0) is 19.8. The molecule has 0 spiro atoms. The predicted octanol–water partition coefficient (Wildman–Crippen LogP) is -0.439. The molecule has 2 N–H and O–H groups in total. The van der Waals surface area contributed by atoms with Crippen LogP contribution in [-0.4, -0.2) is 79.0 Å². The highest BCUT2D eigenvalue weighted by Gasteiger charge is 2.67. The van der Waals surface area contributed by atoms with E-state index >= 15 is 0 Å². The van der Waals surface area contributed by atoms with Crippen molar-refractivity contribution in [2.45, 2.75) is 44.8 Å². The molecule has 0 saturated carbocycles. The highest BCUT2D eigenvalue weighted by Crippen LogP contribution is 2.44. The molecule has 2 aliphatic heterocycles. The van der Waals surface area contributed by atoms with Crippen LogP contribution in [0.15, 0.2) is 0 Å². The summed E-state index contributed by atoms with van der Waals surface area (Å²) in [6.07, 6.45) is 0.298. The lowest BCUT2D eigenvalue weighted by Gasteiger charge is -2.31. The summed E-state index contributed by atoms with van der Waals surface area (Å²) in [6, 6.07) is -0.834. The molecule has 2 aliphatic rings. The number of methoxy groups -OCH3 is 1. The Labute approximate surface area is 153 Å². The van der Waals surface area contributed by atoms with E-state index in [0.29, 0.717) is 6.42 Å². The lowest BCUT2D eigenvalue weighted by Crippen LogP contribution is -2.58. The zero-order valence-electron chi connectivity index (χ0n) is 16.2. The van der Waals surface area contributed by atoms with Crippen molar-refractivity contribution in [3.63, 3.8) is 0 Å². The topological polar surface area (TPSA) is 108 Å². The van der Waals surface area contributed by atoms with Gasteiger partial charge in [-0.05, 0) is 20.3 Å². The first kappa shape index (κ1) is 20.2. The number of likely N-dealkylation sites (tertiary alicyclic amines) is 1. The number of imide groups is 1. The van der Waals surface area contributed by atoms with Crippen LogP contribution in [0.4, 0.5) is 4.79 Å². The molecule has 0 aliphatic carbocycles. The predicted molar refractivity (Wildman–Crippen MR) is 93.0 cm³/mol. The maximum absolute atomic E-state index is 12.7. The van der Waals surface area contributed by atoms with Crippen LogP contribution in [-0.2, 0) is 19.1 Å². The molecule has 0 aromatic carbocycles. The highest BCUT2D eigenvalue weighted by molar-refractivity contribution is 6.09. The van der Waals surface area contributed by atoms with Gasteiger partial charge < -0.3 is 15.0 Å². The molecule has 2 fully saturated rings.